The first-order chi connectivity index (χ1) is 11.6. The molecular weight excluding hydrogens is 310 g/mol. The van der Waals surface area contributed by atoms with Gasteiger partial charge in [-0.2, -0.15) is 5.26 Å². The Morgan fingerprint density at radius 1 is 1.33 bits per heavy atom. The van der Waals surface area contributed by atoms with Gasteiger partial charge in [0.15, 0.2) is 11.5 Å². The van der Waals surface area contributed by atoms with Crippen molar-refractivity contribution in [2.45, 2.75) is 38.0 Å². The summed E-state index contributed by atoms with van der Waals surface area (Å²) >= 11 is 0. The number of hydrogen-bond donors (Lipinski definition) is 1. The molecule has 24 heavy (non-hydrogen) atoms. The van der Waals surface area contributed by atoms with Crippen LogP contribution in [0.1, 0.15) is 38.2 Å². The van der Waals surface area contributed by atoms with E-state index in [0.29, 0.717) is 57.0 Å². The predicted octanol–water partition coefficient (Wildman–Crippen LogP) is 2.68. The number of nitrogens with zero attached hydrogens (tertiary/aromatic N) is 1. The summed E-state index contributed by atoms with van der Waals surface area (Å²) in [7, 11) is 0. The van der Waals surface area contributed by atoms with Gasteiger partial charge in [0.1, 0.15) is 13.2 Å². The van der Waals surface area contributed by atoms with E-state index in [4.69, 9.17) is 14.2 Å². The lowest BCUT2D eigenvalue weighted by atomic mass is 9.67. The number of ether oxygens (including phenoxy) is 3. The SMILES string of the molecule is CCOC(=O)[C@H]1CC[C@@](C#N)(c2ccc(O)c3c2OCCO3)CC1. The van der Waals surface area contributed by atoms with E-state index in [1.807, 2.05) is 0 Å². The van der Waals surface area contributed by atoms with Crippen molar-refractivity contribution in [3.05, 3.63) is 17.7 Å². The maximum atomic E-state index is 11.9. The Hall–Kier alpha value is -2.42. The number of phenolic OH excluding ortho intramolecular Hbond substituents is 1. The van der Waals surface area contributed by atoms with E-state index >= 15 is 0 Å². The molecular formula is C18H21NO5. The van der Waals surface area contributed by atoms with Crippen molar-refractivity contribution in [3.8, 4) is 23.3 Å². The molecule has 0 radical (unpaired) electrons. The van der Waals surface area contributed by atoms with Gasteiger partial charge in [-0.05, 0) is 44.7 Å². The van der Waals surface area contributed by atoms with E-state index in [1.54, 1.807) is 19.1 Å². The first-order valence-electron chi connectivity index (χ1n) is 8.31. The van der Waals surface area contributed by atoms with E-state index in [2.05, 4.69) is 6.07 Å². The molecule has 0 unspecified atom stereocenters. The smallest absolute Gasteiger partial charge is 0.308 e. The highest BCUT2D eigenvalue weighted by atomic mass is 16.6. The zero-order chi connectivity index (χ0) is 17.2. The largest absolute Gasteiger partial charge is 0.504 e. The molecule has 2 aliphatic rings. The second kappa shape index (κ2) is 6.60. The molecule has 0 saturated heterocycles. The Balaban J connectivity index is 1.88. The van der Waals surface area contributed by atoms with E-state index in [1.165, 1.54) is 0 Å². The lowest BCUT2D eigenvalue weighted by molar-refractivity contribution is -0.149. The van der Waals surface area contributed by atoms with Crippen LogP contribution in [0.2, 0.25) is 0 Å². The summed E-state index contributed by atoms with van der Waals surface area (Å²) in [6.07, 6.45) is 2.30. The van der Waals surface area contributed by atoms with Crippen LogP contribution < -0.4 is 9.47 Å². The number of benzene rings is 1. The van der Waals surface area contributed by atoms with Gasteiger partial charge in [0.2, 0.25) is 5.75 Å². The van der Waals surface area contributed by atoms with E-state index in [9.17, 15) is 15.2 Å². The molecule has 0 aromatic heterocycles. The van der Waals surface area contributed by atoms with Crippen LogP contribution in [-0.2, 0) is 14.9 Å². The van der Waals surface area contributed by atoms with Crippen LogP contribution >= 0.6 is 0 Å². The zero-order valence-electron chi connectivity index (χ0n) is 13.7. The van der Waals surface area contributed by atoms with Crippen LogP contribution in [-0.4, -0.2) is 30.9 Å². The molecule has 0 atom stereocenters. The summed E-state index contributed by atoms with van der Waals surface area (Å²) in [4.78, 5) is 11.9. The molecule has 3 rings (SSSR count). The second-order valence-electron chi connectivity index (χ2n) is 6.21. The highest BCUT2D eigenvalue weighted by Gasteiger charge is 2.42. The number of fused-ring (bicyclic) bond motifs is 1. The number of esters is 1. The van der Waals surface area contributed by atoms with Crippen molar-refractivity contribution in [1.82, 2.24) is 0 Å². The van der Waals surface area contributed by atoms with Crippen LogP contribution in [0, 0.1) is 17.2 Å². The average Bonchev–Trinajstić information content (AvgIpc) is 2.62. The fourth-order valence-electron chi connectivity index (χ4n) is 3.55. The number of phenols is 1. The predicted molar refractivity (Wildman–Crippen MR) is 85.0 cm³/mol. The number of carbonyl (C=O) groups is 1. The molecule has 1 heterocycles. The number of nitriles is 1. The van der Waals surface area contributed by atoms with Gasteiger partial charge in [0.05, 0.1) is 24.0 Å². The van der Waals surface area contributed by atoms with E-state index in [0.717, 1.165) is 5.56 Å². The summed E-state index contributed by atoms with van der Waals surface area (Å²) in [6.45, 7) is 2.92. The van der Waals surface area contributed by atoms with Crippen LogP contribution in [0.3, 0.4) is 0 Å². The first-order valence-corrected chi connectivity index (χ1v) is 8.31. The molecule has 1 aromatic rings. The van der Waals surface area contributed by atoms with Crippen LogP contribution in [0.15, 0.2) is 12.1 Å². The Morgan fingerprint density at radius 3 is 2.62 bits per heavy atom. The molecule has 6 nitrogen and oxygen atoms in total. The number of hydrogen-bond acceptors (Lipinski definition) is 6. The molecule has 1 saturated carbocycles. The van der Waals surface area contributed by atoms with E-state index < -0.39 is 5.41 Å². The van der Waals surface area contributed by atoms with Gasteiger partial charge < -0.3 is 19.3 Å². The fourth-order valence-corrected chi connectivity index (χ4v) is 3.55. The molecule has 0 bridgehead atoms. The third-order valence-electron chi connectivity index (χ3n) is 4.86. The Kier molecular flexibility index (Phi) is 4.52. The summed E-state index contributed by atoms with van der Waals surface area (Å²) in [5.41, 5.74) is 0.00129. The minimum Gasteiger partial charge on any atom is -0.504 e. The minimum atomic E-state index is -0.735. The molecule has 6 heteroatoms. The van der Waals surface area contributed by atoms with Crippen molar-refractivity contribution < 1.29 is 24.1 Å². The highest BCUT2D eigenvalue weighted by molar-refractivity contribution is 5.72. The molecule has 128 valence electrons. The van der Waals surface area contributed by atoms with Crippen LogP contribution in [0.4, 0.5) is 0 Å². The summed E-state index contributed by atoms with van der Waals surface area (Å²) in [6, 6.07) is 5.70. The van der Waals surface area contributed by atoms with Gasteiger partial charge in [0.25, 0.3) is 0 Å². The summed E-state index contributed by atoms with van der Waals surface area (Å²) in [5.74, 6) is 0.438. The summed E-state index contributed by atoms with van der Waals surface area (Å²) < 4.78 is 16.3. The fraction of sp³-hybridized carbons (Fsp3) is 0.556. The lowest BCUT2D eigenvalue weighted by Gasteiger charge is -2.36. The Morgan fingerprint density at radius 2 is 2.00 bits per heavy atom. The zero-order valence-corrected chi connectivity index (χ0v) is 13.7. The molecule has 1 aromatic carbocycles. The quantitative estimate of drug-likeness (QED) is 0.857. The van der Waals surface area contributed by atoms with Crippen molar-refractivity contribution >= 4 is 5.97 Å². The second-order valence-corrected chi connectivity index (χ2v) is 6.21. The first kappa shape index (κ1) is 16.4. The molecule has 1 fully saturated rings. The van der Waals surface area contributed by atoms with Gasteiger partial charge >= 0.3 is 5.97 Å². The maximum Gasteiger partial charge on any atom is 0.308 e. The summed E-state index contributed by atoms with van der Waals surface area (Å²) in [5, 5.41) is 19.8. The van der Waals surface area contributed by atoms with Crippen molar-refractivity contribution in [1.29, 1.82) is 5.26 Å². The van der Waals surface area contributed by atoms with Crippen molar-refractivity contribution in [2.75, 3.05) is 19.8 Å². The number of carbonyl (C=O) groups excluding carboxylic acids is 1. The van der Waals surface area contributed by atoms with Gasteiger partial charge in [-0.1, -0.05) is 0 Å². The van der Waals surface area contributed by atoms with Gasteiger partial charge in [0, 0.05) is 5.56 Å². The Bertz CT molecular complexity index is 671. The normalized spacial score (nSPS) is 25.6. The molecule has 1 aliphatic heterocycles. The van der Waals surface area contributed by atoms with Gasteiger partial charge in [-0.15, -0.1) is 0 Å². The molecule has 0 spiro atoms. The standard InChI is InChI=1S/C18H21NO5/c1-2-22-17(21)12-5-7-18(11-19,8-6-12)13-3-4-14(20)16-15(13)23-9-10-24-16/h3-4,12,20H,2,5-10H2,1H3/t12-,18+. The van der Waals surface area contributed by atoms with Crippen molar-refractivity contribution in [2.24, 2.45) is 5.92 Å². The monoisotopic (exact) mass is 331 g/mol. The third-order valence-corrected chi connectivity index (χ3v) is 4.86. The molecule has 0 amide bonds. The van der Waals surface area contributed by atoms with Crippen LogP contribution in [0.5, 0.6) is 17.2 Å². The van der Waals surface area contributed by atoms with Gasteiger partial charge in [-0.25, -0.2) is 0 Å². The minimum absolute atomic E-state index is 0.0155. The molecule has 1 N–H and O–H groups in total. The maximum absolute atomic E-state index is 11.9. The number of rotatable bonds is 3. The van der Waals surface area contributed by atoms with E-state index in [-0.39, 0.29) is 17.6 Å². The lowest BCUT2D eigenvalue weighted by Crippen LogP contribution is -2.34. The van der Waals surface area contributed by atoms with Gasteiger partial charge in [-0.3, -0.25) is 4.79 Å². The van der Waals surface area contributed by atoms with Crippen molar-refractivity contribution in [3.63, 3.8) is 0 Å². The van der Waals surface area contributed by atoms with Crippen LogP contribution in [0.25, 0.3) is 0 Å². The topological polar surface area (TPSA) is 88.8 Å². The highest BCUT2D eigenvalue weighted by Crippen LogP contribution is 2.50. The average molecular weight is 331 g/mol. The molecule has 1 aliphatic carbocycles. The Labute approximate surface area is 140 Å². The number of aromatic hydroxyl groups is 1. The third kappa shape index (κ3) is 2.75.